The second-order valence-corrected chi connectivity index (χ2v) is 6.78. The Hall–Kier alpha value is -2.63. The number of rotatable bonds is 6. The van der Waals surface area contributed by atoms with Gasteiger partial charge in [0.15, 0.2) is 0 Å². The summed E-state index contributed by atoms with van der Waals surface area (Å²) in [5.74, 6) is -0.0375. The highest BCUT2D eigenvalue weighted by Gasteiger charge is 2.20. The van der Waals surface area contributed by atoms with Gasteiger partial charge in [-0.15, -0.1) is 0 Å². The van der Waals surface area contributed by atoms with Crippen LogP contribution in [0.2, 0.25) is 0 Å². The van der Waals surface area contributed by atoms with Crippen molar-refractivity contribution in [1.29, 1.82) is 0 Å². The van der Waals surface area contributed by atoms with E-state index >= 15 is 0 Å². The van der Waals surface area contributed by atoms with Gasteiger partial charge in [0.25, 0.3) is 5.91 Å². The first-order valence-electron chi connectivity index (χ1n) is 9.20. The lowest BCUT2D eigenvalue weighted by Crippen LogP contribution is -2.33. The van der Waals surface area contributed by atoms with Crippen molar-refractivity contribution in [3.05, 3.63) is 52.8 Å². The van der Waals surface area contributed by atoms with Gasteiger partial charge >= 0.3 is 0 Å². The van der Waals surface area contributed by atoms with Gasteiger partial charge in [-0.3, -0.25) is 14.3 Å². The highest BCUT2D eigenvalue weighted by molar-refractivity contribution is 5.96. The molecule has 1 saturated heterocycles. The fourth-order valence-electron chi connectivity index (χ4n) is 3.43. The Balaban J connectivity index is 1.59. The maximum absolute atomic E-state index is 12.6. The van der Waals surface area contributed by atoms with Gasteiger partial charge in [-0.25, -0.2) is 0 Å². The Morgan fingerprint density at radius 2 is 1.81 bits per heavy atom. The summed E-state index contributed by atoms with van der Waals surface area (Å²) in [6, 6.07) is 10.0. The third kappa shape index (κ3) is 4.12. The Morgan fingerprint density at radius 1 is 1.12 bits per heavy atom. The Bertz CT molecular complexity index is 777. The number of hydrogen-bond acceptors (Lipinski definition) is 3. The van der Waals surface area contributed by atoms with Crippen molar-refractivity contribution in [1.82, 2.24) is 20.0 Å². The fourth-order valence-corrected chi connectivity index (χ4v) is 3.43. The summed E-state index contributed by atoms with van der Waals surface area (Å²) in [5.41, 5.74) is 3.30. The largest absolute Gasteiger partial charge is 0.351 e. The summed E-state index contributed by atoms with van der Waals surface area (Å²) < 4.78 is 1.86. The molecule has 0 saturated carbocycles. The van der Waals surface area contributed by atoms with E-state index in [1.807, 2.05) is 53.8 Å². The average molecular weight is 354 g/mol. The third-order valence-electron chi connectivity index (χ3n) is 4.87. The SMILES string of the molecule is Cc1nn(Cc2ccccc2)c(C)c1C(=O)NCCC(=O)N1CCCC1. The molecule has 0 spiro atoms. The zero-order chi connectivity index (χ0) is 18.5. The molecular weight excluding hydrogens is 328 g/mol. The van der Waals surface area contributed by atoms with Crippen LogP contribution < -0.4 is 5.32 Å². The van der Waals surface area contributed by atoms with Crippen LogP contribution in [0, 0.1) is 13.8 Å². The van der Waals surface area contributed by atoms with Crippen LogP contribution in [0.1, 0.15) is 46.6 Å². The zero-order valence-corrected chi connectivity index (χ0v) is 15.5. The topological polar surface area (TPSA) is 67.2 Å². The predicted octanol–water partition coefficient (Wildman–Crippen LogP) is 2.29. The van der Waals surface area contributed by atoms with E-state index in [1.54, 1.807) is 0 Å². The maximum Gasteiger partial charge on any atom is 0.255 e. The van der Waals surface area contributed by atoms with Gasteiger partial charge in [-0.2, -0.15) is 5.10 Å². The average Bonchev–Trinajstić information content (AvgIpc) is 3.25. The van der Waals surface area contributed by atoms with E-state index in [-0.39, 0.29) is 11.8 Å². The van der Waals surface area contributed by atoms with E-state index in [0.717, 1.165) is 37.2 Å². The number of aromatic nitrogens is 2. The molecule has 1 fully saturated rings. The molecule has 1 aliphatic heterocycles. The van der Waals surface area contributed by atoms with E-state index in [2.05, 4.69) is 10.4 Å². The van der Waals surface area contributed by atoms with Gasteiger partial charge in [0.1, 0.15) is 0 Å². The molecule has 0 aliphatic carbocycles. The van der Waals surface area contributed by atoms with Crippen LogP contribution in [0.3, 0.4) is 0 Å². The van der Waals surface area contributed by atoms with Crippen LogP contribution in [0.5, 0.6) is 0 Å². The number of amides is 2. The summed E-state index contributed by atoms with van der Waals surface area (Å²) >= 11 is 0. The molecule has 6 nitrogen and oxygen atoms in total. The number of carbonyl (C=O) groups is 2. The second kappa shape index (κ2) is 8.17. The van der Waals surface area contributed by atoms with E-state index in [9.17, 15) is 9.59 Å². The number of likely N-dealkylation sites (tertiary alicyclic amines) is 1. The molecule has 2 aromatic rings. The molecule has 0 bridgehead atoms. The first kappa shape index (κ1) is 18.2. The zero-order valence-electron chi connectivity index (χ0n) is 15.5. The minimum Gasteiger partial charge on any atom is -0.351 e. The van der Waals surface area contributed by atoms with Crippen molar-refractivity contribution in [3.8, 4) is 0 Å². The molecule has 0 unspecified atom stereocenters. The number of nitrogens with zero attached hydrogens (tertiary/aromatic N) is 3. The molecular formula is C20H26N4O2. The van der Waals surface area contributed by atoms with Crippen molar-refractivity contribution >= 4 is 11.8 Å². The molecule has 1 aromatic carbocycles. The Kier molecular flexibility index (Phi) is 5.71. The first-order chi connectivity index (χ1) is 12.6. The molecule has 2 amide bonds. The lowest BCUT2D eigenvalue weighted by molar-refractivity contribution is -0.129. The quantitative estimate of drug-likeness (QED) is 0.865. The summed E-state index contributed by atoms with van der Waals surface area (Å²) in [7, 11) is 0. The monoisotopic (exact) mass is 354 g/mol. The molecule has 0 radical (unpaired) electrons. The minimum absolute atomic E-state index is 0.121. The van der Waals surface area contributed by atoms with Gasteiger partial charge in [0, 0.05) is 31.7 Å². The lowest BCUT2D eigenvalue weighted by atomic mass is 10.1. The number of nitrogens with one attached hydrogen (secondary N) is 1. The summed E-state index contributed by atoms with van der Waals surface area (Å²) in [6.45, 7) is 6.44. The van der Waals surface area contributed by atoms with Crippen molar-refractivity contribution in [2.75, 3.05) is 19.6 Å². The second-order valence-electron chi connectivity index (χ2n) is 6.78. The van der Waals surface area contributed by atoms with Gasteiger partial charge < -0.3 is 10.2 Å². The summed E-state index contributed by atoms with van der Waals surface area (Å²) in [4.78, 5) is 26.5. The van der Waals surface area contributed by atoms with Crippen LogP contribution in [0.15, 0.2) is 30.3 Å². The molecule has 3 rings (SSSR count). The molecule has 138 valence electrons. The standard InChI is InChI=1S/C20H26N4O2/c1-15-19(16(2)24(22-15)14-17-8-4-3-5-9-17)20(26)21-11-10-18(25)23-12-6-7-13-23/h3-5,8-9H,6-7,10-14H2,1-2H3,(H,21,26). The van der Waals surface area contributed by atoms with Gasteiger partial charge in [-0.1, -0.05) is 30.3 Å². The number of aryl methyl sites for hydroxylation is 1. The van der Waals surface area contributed by atoms with Gasteiger partial charge in [-0.05, 0) is 32.3 Å². The Labute approximate surface area is 154 Å². The highest BCUT2D eigenvalue weighted by Crippen LogP contribution is 2.15. The number of benzene rings is 1. The van der Waals surface area contributed by atoms with Crippen LogP contribution in [-0.4, -0.2) is 46.1 Å². The normalized spacial score (nSPS) is 13.8. The smallest absolute Gasteiger partial charge is 0.255 e. The van der Waals surface area contributed by atoms with E-state index in [4.69, 9.17) is 0 Å². The number of hydrogen-bond donors (Lipinski definition) is 1. The van der Waals surface area contributed by atoms with Crippen molar-refractivity contribution < 1.29 is 9.59 Å². The van der Waals surface area contributed by atoms with E-state index < -0.39 is 0 Å². The van der Waals surface area contributed by atoms with Gasteiger partial charge in [0.2, 0.25) is 5.91 Å². The van der Waals surface area contributed by atoms with Crippen LogP contribution in [-0.2, 0) is 11.3 Å². The summed E-state index contributed by atoms with van der Waals surface area (Å²) in [6.07, 6.45) is 2.51. The molecule has 2 heterocycles. The Morgan fingerprint density at radius 3 is 2.50 bits per heavy atom. The van der Waals surface area contributed by atoms with E-state index in [0.29, 0.717) is 30.8 Å². The van der Waals surface area contributed by atoms with Crippen molar-refractivity contribution in [2.24, 2.45) is 0 Å². The minimum atomic E-state index is -0.159. The van der Waals surface area contributed by atoms with Crippen molar-refractivity contribution in [3.63, 3.8) is 0 Å². The molecule has 6 heteroatoms. The summed E-state index contributed by atoms with van der Waals surface area (Å²) in [5, 5.41) is 7.39. The van der Waals surface area contributed by atoms with E-state index in [1.165, 1.54) is 0 Å². The molecule has 0 atom stereocenters. The van der Waals surface area contributed by atoms with Crippen LogP contribution in [0.25, 0.3) is 0 Å². The number of carbonyl (C=O) groups excluding carboxylic acids is 2. The van der Waals surface area contributed by atoms with Crippen molar-refractivity contribution in [2.45, 2.75) is 39.7 Å². The lowest BCUT2D eigenvalue weighted by Gasteiger charge is -2.15. The molecule has 1 aliphatic rings. The molecule has 1 aromatic heterocycles. The highest BCUT2D eigenvalue weighted by atomic mass is 16.2. The fraction of sp³-hybridized carbons (Fsp3) is 0.450. The van der Waals surface area contributed by atoms with Crippen LogP contribution >= 0.6 is 0 Å². The predicted molar refractivity (Wildman–Crippen MR) is 100 cm³/mol. The van der Waals surface area contributed by atoms with Crippen LogP contribution in [0.4, 0.5) is 0 Å². The third-order valence-corrected chi connectivity index (χ3v) is 4.87. The maximum atomic E-state index is 12.6. The molecule has 26 heavy (non-hydrogen) atoms. The molecule has 1 N–H and O–H groups in total. The first-order valence-corrected chi connectivity index (χ1v) is 9.20. The van der Waals surface area contributed by atoms with Gasteiger partial charge in [0.05, 0.1) is 17.8 Å².